The van der Waals surface area contributed by atoms with E-state index in [-0.39, 0.29) is 13.2 Å². The molecular formula is C13H26N2O3. The molecule has 0 aromatic carbocycles. The van der Waals surface area contributed by atoms with Gasteiger partial charge in [-0.15, -0.1) is 0 Å². The van der Waals surface area contributed by atoms with Crippen LogP contribution in [0.2, 0.25) is 0 Å². The highest BCUT2D eigenvalue weighted by Crippen LogP contribution is 2.05. The lowest BCUT2D eigenvalue weighted by Crippen LogP contribution is -2.47. The molecular weight excluding hydrogens is 232 g/mol. The fourth-order valence-corrected chi connectivity index (χ4v) is 1.67. The summed E-state index contributed by atoms with van der Waals surface area (Å²) in [6.45, 7) is 9.27. The minimum absolute atomic E-state index is 0.135. The molecule has 0 aliphatic carbocycles. The van der Waals surface area contributed by atoms with E-state index in [0.717, 1.165) is 0 Å². The molecule has 0 fully saturated rings. The molecule has 0 aliphatic heterocycles. The van der Waals surface area contributed by atoms with E-state index in [2.05, 4.69) is 0 Å². The smallest absolute Gasteiger partial charge is 0.312 e. The number of aliphatic hydroxyl groups excluding tert-OH is 1. The summed E-state index contributed by atoms with van der Waals surface area (Å²) in [5.41, 5.74) is 0. The molecule has 106 valence electrons. The minimum atomic E-state index is -0.551. The SMILES string of the molecule is CC(C)CN(CC(C)C)C(=O)C(=O)N(C)CCO. The van der Waals surface area contributed by atoms with Crippen molar-refractivity contribution in [2.45, 2.75) is 27.7 Å². The van der Waals surface area contributed by atoms with Gasteiger partial charge in [-0.25, -0.2) is 0 Å². The number of carbonyl (C=O) groups excluding carboxylic acids is 2. The molecule has 1 N–H and O–H groups in total. The van der Waals surface area contributed by atoms with Crippen LogP contribution in [0.25, 0.3) is 0 Å². The van der Waals surface area contributed by atoms with Gasteiger partial charge in [0, 0.05) is 26.7 Å². The van der Waals surface area contributed by atoms with E-state index in [1.165, 1.54) is 11.9 Å². The van der Waals surface area contributed by atoms with Crippen LogP contribution >= 0.6 is 0 Å². The lowest BCUT2D eigenvalue weighted by Gasteiger charge is -2.27. The van der Waals surface area contributed by atoms with Gasteiger partial charge in [0.05, 0.1) is 6.61 Å². The van der Waals surface area contributed by atoms with Crippen LogP contribution in [0.3, 0.4) is 0 Å². The third-order valence-electron chi connectivity index (χ3n) is 2.42. The summed E-state index contributed by atoms with van der Waals surface area (Å²) in [6.07, 6.45) is 0. The van der Waals surface area contributed by atoms with E-state index in [9.17, 15) is 9.59 Å². The van der Waals surface area contributed by atoms with Crippen molar-refractivity contribution in [1.82, 2.24) is 9.80 Å². The van der Waals surface area contributed by atoms with Gasteiger partial charge < -0.3 is 14.9 Å². The predicted octanol–water partition coefficient (Wildman–Crippen LogP) is 0.578. The maximum Gasteiger partial charge on any atom is 0.312 e. The Balaban J connectivity index is 4.67. The van der Waals surface area contributed by atoms with Crippen molar-refractivity contribution in [2.24, 2.45) is 11.8 Å². The zero-order chi connectivity index (χ0) is 14.3. The molecule has 5 nitrogen and oxygen atoms in total. The Morgan fingerprint density at radius 3 is 1.78 bits per heavy atom. The highest BCUT2D eigenvalue weighted by atomic mass is 16.3. The molecule has 0 saturated heterocycles. The Bertz CT molecular complexity index is 267. The van der Waals surface area contributed by atoms with Crippen molar-refractivity contribution >= 4 is 11.8 Å². The van der Waals surface area contributed by atoms with Gasteiger partial charge >= 0.3 is 11.8 Å². The molecule has 0 radical (unpaired) electrons. The lowest BCUT2D eigenvalue weighted by molar-refractivity contribution is -0.151. The van der Waals surface area contributed by atoms with Gasteiger partial charge in [-0.05, 0) is 11.8 Å². The summed E-state index contributed by atoms with van der Waals surface area (Å²) < 4.78 is 0. The molecule has 5 heteroatoms. The normalized spacial score (nSPS) is 10.9. The first-order valence-corrected chi connectivity index (χ1v) is 6.44. The topological polar surface area (TPSA) is 60.9 Å². The standard InChI is InChI=1S/C13H26N2O3/c1-10(2)8-15(9-11(3)4)13(18)12(17)14(5)6-7-16/h10-11,16H,6-9H2,1-5H3. The minimum Gasteiger partial charge on any atom is -0.395 e. The lowest BCUT2D eigenvalue weighted by atomic mass is 10.1. The van der Waals surface area contributed by atoms with Crippen molar-refractivity contribution in [3.8, 4) is 0 Å². The molecule has 0 aromatic rings. The van der Waals surface area contributed by atoms with Crippen molar-refractivity contribution in [2.75, 3.05) is 33.3 Å². The highest BCUT2D eigenvalue weighted by Gasteiger charge is 2.25. The summed E-state index contributed by atoms with van der Waals surface area (Å²) in [7, 11) is 1.53. The number of amides is 2. The van der Waals surface area contributed by atoms with E-state index in [4.69, 9.17) is 5.11 Å². The number of aliphatic hydroxyl groups is 1. The molecule has 0 aliphatic rings. The monoisotopic (exact) mass is 258 g/mol. The first-order valence-electron chi connectivity index (χ1n) is 6.44. The molecule has 0 heterocycles. The number of carbonyl (C=O) groups is 2. The van der Waals surface area contributed by atoms with E-state index in [1.54, 1.807) is 4.90 Å². The number of hydrogen-bond acceptors (Lipinski definition) is 3. The van der Waals surface area contributed by atoms with Crippen LogP contribution in [0.1, 0.15) is 27.7 Å². The van der Waals surface area contributed by atoms with Crippen molar-refractivity contribution in [3.63, 3.8) is 0 Å². The quantitative estimate of drug-likeness (QED) is 0.709. The summed E-state index contributed by atoms with van der Waals surface area (Å²) in [5.74, 6) is -0.383. The molecule has 0 atom stereocenters. The number of hydrogen-bond donors (Lipinski definition) is 1. The van der Waals surface area contributed by atoms with Gasteiger partial charge in [-0.2, -0.15) is 0 Å². The van der Waals surface area contributed by atoms with Gasteiger partial charge in [-0.1, -0.05) is 27.7 Å². The predicted molar refractivity (Wildman–Crippen MR) is 71.0 cm³/mol. The molecule has 0 unspecified atom stereocenters. The number of likely N-dealkylation sites (N-methyl/N-ethyl adjacent to an activating group) is 1. The Hall–Kier alpha value is -1.10. The third-order valence-corrected chi connectivity index (χ3v) is 2.42. The van der Waals surface area contributed by atoms with Gasteiger partial charge in [0.2, 0.25) is 0 Å². The summed E-state index contributed by atoms with van der Waals surface area (Å²) in [5, 5.41) is 8.78. The van der Waals surface area contributed by atoms with Crippen LogP contribution < -0.4 is 0 Å². The van der Waals surface area contributed by atoms with Crippen LogP contribution in [-0.2, 0) is 9.59 Å². The van der Waals surface area contributed by atoms with Gasteiger partial charge in [0.15, 0.2) is 0 Å². The fourth-order valence-electron chi connectivity index (χ4n) is 1.67. The summed E-state index contributed by atoms with van der Waals surface area (Å²) >= 11 is 0. The van der Waals surface area contributed by atoms with E-state index in [0.29, 0.717) is 24.9 Å². The van der Waals surface area contributed by atoms with Gasteiger partial charge in [0.1, 0.15) is 0 Å². The van der Waals surface area contributed by atoms with Gasteiger partial charge in [-0.3, -0.25) is 9.59 Å². The zero-order valence-corrected chi connectivity index (χ0v) is 12.1. The fraction of sp³-hybridized carbons (Fsp3) is 0.846. The van der Waals surface area contributed by atoms with Crippen LogP contribution in [0.15, 0.2) is 0 Å². The van der Waals surface area contributed by atoms with Crippen molar-refractivity contribution in [1.29, 1.82) is 0 Å². The van der Waals surface area contributed by atoms with Crippen LogP contribution in [0, 0.1) is 11.8 Å². The second-order valence-electron chi connectivity index (χ2n) is 5.45. The Morgan fingerprint density at radius 1 is 1.00 bits per heavy atom. The van der Waals surface area contributed by atoms with Crippen LogP contribution in [-0.4, -0.2) is 60.0 Å². The van der Waals surface area contributed by atoms with Crippen LogP contribution in [0.5, 0.6) is 0 Å². The average molecular weight is 258 g/mol. The molecule has 2 amide bonds. The first kappa shape index (κ1) is 16.9. The van der Waals surface area contributed by atoms with Crippen molar-refractivity contribution in [3.05, 3.63) is 0 Å². The summed E-state index contributed by atoms with van der Waals surface area (Å²) in [6, 6.07) is 0. The molecule has 0 bridgehead atoms. The molecule has 0 aromatic heterocycles. The van der Waals surface area contributed by atoms with E-state index in [1.807, 2.05) is 27.7 Å². The Kier molecular flexibility index (Phi) is 7.59. The second kappa shape index (κ2) is 8.08. The molecule has 0 spiro atoms. The second-order valence-corrected chi connectivity index (χ2v) is 5.45. The maximum absolute atomic E-state index is 12.1. The van der Waals surface area contributed by atoms with Crippen molar-refractivity contribution < 1.29 is 14.7 Å². The van der Waals surface area contributed by atoms with E-state index < -0.39 is 11.8 Å². The molecule has 0 rings (SSSR count). The molecule has 18 heavy (non-hydrogen) atoms. The Morgan fingerprint density at radius 2 is 1.44 bits per heavy atom. The maximum atomic E-state index is 12.1. The summed E-state index contributed by atoms with van der Waals surface area (Å²) in [4.78, 5) is 26.8. The third kappa shape index (κ3) is 6.00. The number of nitrogens with zero attached hydrogens (tertiary/aromatic N) is 2. The Labute approximate surface area is 110 Å². The number of rotatable bonds is 6. The van der Waals surface area contributed by atoms with Gasteiger partial charge in [0.25, 0.3) is 0 Å². The first-order chi connectivity index (χ1) is 8.29. The highest BCUT2D eigenvalue weighted by molar-refractivity contribution is 6.34. The van der Waals surface area contributed by atoms with Crippen LogP contribution in [0.4, 0.5) is 0 Å². The zero-order valence-electron chi connectivity index (χ0n) is 12.1. The van der Waals surface area contributed by atoms with E-state index >= 15 is 0 Å². The molecule has 0 saturated carbocycles. The average Bonchev–Trinajstić information content (AvgIpc) is 2.25. The largest absolute Gasteiger partial charge is 0.395 e.